The van der Waals surface area contributed by atoms with Crippen LogP contribution < -0.4 is 4.90 Å². The predicted octanol–water partition coefficient (Wildman–Crippen LogP) is 16.8. The molecule has 0 aromatic heterocycles. The van der Waals surface area contributed by atoms with Crippen molar-refractivity contribution in [2.24, 2.45) is 0 Å². The first-order chi connectivity index (χ1) is 31.7. The number of anilines is 3. The molecular weight excluding hydrogens is 759 g/mol. The molecule has 5 aliphatic rings. The van der Waals surface area contributed by atoms with Gasteiger partial charge in [-0.2, -0.15) is 0 Å². The smallest absolute Gasteiger partial charge is 0.0726 e. The van der Waals surface area contributed by atoms with E-state index in [0.717, 1.165) is 79.6 Å². The molecule has 1 nitrogen and oxygen atoms in total. The summed E-state index contributed by atoms with van der Waals surface area (Å²) in [6.45, 7) is 4.75. The fourth-order valence-electron chi connectivity index (χ4n) is 12.8. The number of para-hydroxylation sites is 1. The van der Waals surface area contributed by atoms with E-state index >= 15 is 0 Å². The van der Waals surface area contributed by atoms with Gasteiger partial charge in [0.2, 0.25) is 0 Å². The van der Waals surface area contributed by atoms with Gasteiger partial charge in [-0.1, -0.05) is 191 Å². The lowest BCUT2D eigenvalue weighted by Gasteiger charge is -2.33. The maximum atomic E-state index is 9.83. The maximum absolute atomic E-state index is 9.83. The Morgan fingerprint density at radius 2 is 0.921 bits per heavy atom. The molecule has 0 atom stereocenters. The minimum atomic E-state index is -0.630. The monoisotopic (exact) mass is 813 g/mol. The predicted molar refractivity (Wildman–Crippen MR) is 263 cm³/mol. The van der Waals surface area contributed by atoms with E-state index in [1.807, 2.05) is 0 Å². The average molecular weight is 814 g/mol. The van der Waals surface area contributed by atoms with Crippen molar-refractivity contribution in [1.82, 2.24) is 0 Å². The lowest BCUT2D eigenvalue weighted by Crippen LogP contribution is -2.26. The van der Waals surface area contributed by atoms with Crippen molar-refractivity contribution in [3.63, 3.8) is 0 Å². The Labute approximate surface area is 375 Å². The number of nitrogens with zero attached hydrogens (tertiary/aromatic N) is 1. The number of hydrogen-bond donors (Lipinski definition) is 0. The highest BCUT2D eigenvalue weighted by atomic mass is 15.1. The van der Waals surface area contributed by atoms with E-state index in [9.17, 15) is 2.74 Å². The summed E-state index contributed by atoms with van der Waals surface area (Å²) in [4.78, 5) is 2.55. The normalized spacial score (nSPS) is 18.8. The lowest BCUT2D eigenvalue weighted by atomic mass is 9.69. The van der Waals surface area contributed by atoms with Crippen molar-refractivity contribution in [2.45, 2.75) is 87.8 Å². The molecule has 13 rings (SSSR count). The van der Waals surface area contributed by atoms with E-state index in [4.69, 9.17) is 0 Å². The molecule has 0 aliphatic heterocycles. The minimum absolute atomic E-state index is 0.169. The molecule has 2 fully saturated rings. The summed E-state index contributed by atoms with van der Waals surface area (Å²) in [5.41, 5.74) is 22.7. The SMILES string of the molecule is [2H]C1(c2ccc3c(c2)C2(c4cc(C5([2H])CCCC5)ccc4-3)c3ccccc3-c3c(N(c4ccc5c(c4)C(C)(C)c4ccccc4-5)c4ccccc4-c4ccccc4)cccc32)CCCC1. The summed E-state index contributed by atoms with van der Waals surface area (Å²) >= 11 is 0. The quantitative estimate of drug-likeness (QED) is 0.162. The van der Waals surface area contributed by atoms with Crippen molar-refractivity contribution >= 4 is 17.1 Å². The summed E-state index contributed by atoms with van der Waals surface area (Å²) < 4.78 is 19.7. The zero-order chi connectivity index (χ0) is 43.7. The van der Waals surface area contributed by atoms with Crippen LogP contribution in [0.1, 0.15) is 124 Å². The number of hydrogen-bond acceptors (Lipinski definition) is 1. The Bertz CT molecular complexity index is 3170. The van der Waals surface area contributed by atoms with Gasteiger partial charge in [-0.05, 0) is 140 Å². The standard InChI is InChI=1S/C62H53N/c1-61(2)52-26-13-10-24-47(52)48-36-33-45(39-55(48)61)63(58-29-15-12-23-46(58)42-21-4-3-5-22-42)59-30-16-28-54-60(59)51-25-11-14-27-53(51)62(54)56-37-43(40-17-6-7-18-40)31-34-49(56)50-35-32-44(38-57(50)62)41-19-8-9-20-41/h3-5,10-16,21-41H,6-9,17-20H2,1-2H3/i40D,41D. The Morgan fingerprint density at radius 3 is 1.60 bits per heavy atom. The van der Waals surface area contributed by atoms with E-state index in [-0.39, 0.29) is 5.41 Å². The van der Waals surface area contributed by atoms with Gasteiger partial charge in [-0.25, -0.2) is 0 Å². The second-order valence-corrected chi connectivity index (χ2v) is 19.3. The van der Waals surface area contributed by atoms with Crippen LogP contribution in [0.25, 0.3) is 44.5 Å². The summed E-state index contributed by atoms with van der Waals surface area (Å²) in [6.07, 6.45) is 7.98. The van der Waals surface area contributed by atoms with Crippen LogP contribution in [0, 0.1) is 0 Å². The third-order valence-corrected chi connectivity index (χ3v) is 15.7. The van der Waals surface area contributed by atoms with E-state index in [0.29, 0.717) is 0 Å². The molecule has 0 bridgehead atoms. The Balaban J connectivity index is 1.11. The van der Waals surface area contributed by atoms with Gasteiger partial charge < -0.3 is 4.90 Å². The van der Waals surface area contributed by atoms with Crippen LogP contribution in [0.5, 0.6) is 0 Å². The molecule has 0 radical (unpaired) electrons. The minimum Gasteiger partial charge on any atom is -0.309 e. The van der Waals surface area contributed by atoms with Crippen LogP contribution in [-0.4, -0.2) is 0 Å². The highest BCUT2D eigenvalue weighted by Crippen LogP contribution is 2.66. The van der Waals surface area contributed by atoms with Crippen LogP contribution in [0.15, 0.2) is 176 Å². The fraction of sp³-hybridized carbons (Fsp3) is 0.226. The molecule has 2 saturated carbocycles. The van der Waals surface area contributed by atoms with Gasteiger partial charge >= 0.3 is 0 Å². The second-order valence-electron chi connectivity index (χ2n) is 19.3. The Hall–Kier alpha value is -6.44. The molecule has 1 spiro atoms. The highest BCUT2D eigenvalue weighted by molar-refractivity contribution is 6.03. The van der Waals surface area contributed by atoms with Crippen molar-refractivity contribution in [3.8, 4) is 44.5 Å². The summed E-state index contributed by atoms with van der Waals surface area (Å²) in [5, 5.41) is 0. The molecule has 0 unspecified atom stereocenters. The zero-order valence-electron chi connectivity index (χ0n) is 38.3. The molecule has 0 heterocycles. The number of benzene rings is 8. The average Bonchev–Trinajstić information content (AvgIpc) is 4.17. The molecule has 0 saturated heterocycles. The van der Waals surface area contributed by atoms with Gasteiger partial charge in [0.15, 0.2) is 0 Å². The molecule has 8 aromatic carbocycles. The molecule has 0 amide bonds. The van der Waals surface area contributed by atoms with E-state index in [1.165, 1.54) is 77.9 Å². The van der Waals surface area contributed by atoms with Crippen LogP contribution >= 0.6 is 0 Å². The summed E-state index contributed by atoms with van der Waals surface area (Å²) in [6, 6.07) is 66.2. The molecular formula is C62H53N. The van der Waals surface area contributed by atoms with Gasteiger partial charge in [0.1, 0.15) is 0 Å². The van der Waals surface area contributed by atoms with Gasteiger partial charge in [-0.15, -0.1) is 0 Å². The van der Waals surface area contributed by atoms with Crippen LogP contribution in [0.4, 0.5) is 17.1 Å². The van der Waals surface area contributed by atoms with Crippen molar-refractivity contribution in [1.29, 1.82) is 0 Å². The molecule has 8 aromatic rings. The molecule has 306 valence electrons. The van der Waals surface area contributed by atoms with Gasteiger partial charge in [0, 0.05) is 25.0 Å². The molecule has 1 heteroatoms. The Morgan fingerprint density at radius 1 is 0.413 bits per heavy atom. The van der Waals surface area contributed by atoms with Gasteiger partial charge in [0.25, 0.3) is 0 Å². The highest BCUT2D eigenvalue weighted by Gasteiger charge is 2.53. The first-order valence-corrected chi connectivity index (χ1v) is 23.4. The number of fused-ring (bicyclic) bond motifs is 13. The van der Waals surface area contributed by atoms with E-state index in [2.05, 4.69) is 195 Å². The van der Waals surface area contributed by atoms with Gasteiger partial charge in [0.05, 0.1) is 16.8 Å². The van der Waals surface area contributed by atoms with Gasteiger partial charge in [-0.3, -0.25) is 0 Å². The first-order valence-electron chi connectivity index (χ1n) is 24.4. The topological polar surface area (TPSA) is 3.24 Å². The summed E-state index contributed by atoms with van der Waals surface area (Å²) in [5.74, 6) is -1.18. The van der Waals surface area contributed by atoms with Crippen LogP contribution in [0.2, 0.25) is 0 Å². The van der Waals surface area contributed by atoms with E-state index in [1.54, 1.807) is 0 Å². The molecule has 63 heavy (non-hydrogen) atoms. The van der Waals surface area contributed by atoms with Crippen LogP contribution in [-0.2, 0) is 10.8 Å². The van der Waals surface area contributed by atoms with Crippen molar-refractivity contribution < 1.29 is 2.74 Å². The third kappa shape index (κ3) is 5.29. The fourth-order valence-corrected chi connectivity index (χ4v) is 12.8. The zero-order valence-corrected chi connectivity index (χ0v) is 36.3. The molecule has 5 aliphatic carbocycles. The third-order valence-electron chi connectivity index (χ3n) is 15.7. The summed E-state index contributed by atoms with van der Waals surface area (Å²) in [7, 11) is 0. The van der Waals surface area contributed by atoms with Crippen LogP contribution in [0.3, 0.4) is 0 Å². The van der Waals surface area contributed by atoms with E-state index < -0.39 is 17.2 Å². The molecule has 0 N–H and O–H groups in total. The largest absolute Gasteiger partial charge is 0.309 e. The Kier molecular flexibility index (Phi) is 7.81. The van der Waals surface area contributed by atoms with Crippen molar-refractivity contribution in [3.05, 3.63) is 220 Å². The lowest BCUT2D eigenvalue weighted by molar-refractivity contribution is 0.660. The maximum Gasteiger partial charge on any atom is 0.0726 e. The van der Waals surface area contributed by atoms with Crippen molar-refractivity contribution in [2.75, 3.05) is 4.90 Å². The second kappa shape index (κ2) is 14.0. The first kappa shape index (κ1) is 35.1. The number of rotatable bonds is 6.